The van der Waals surface area contributed by atoms with Gasteiger partial charge in [0.05, 0.1) is 0 Å². The second-order valence-corrected chi connectivity index (χ2v) is 6.99. The summed E-state index contributed by atoms with van der Waals surface area (Å²) in [5.41, 5.74) is 6.82. The van der Waals surface area contributed by atoms with Crippen molar-refractivity contribution in [3.05, 3.63) is 89.2 Å². The Morgan fingerprint density at radius 3 is 2.38 bits per heavy atom. The zero-order valence-electron chi connectivity index (χ0n) is 17.0. The predicted octanol–water partition coefficient (Wildman–Crippen LogP) is 6.20. The van der Waals surface area contributed by atoms with Crippen LogP contribution in [0.15, 0.2) is 66.7 Å². The molecule has 0 aliphatic rings. The lowest BCUT2D eigenvalue weighted by molar-refractivity contribution is 0.627. The van der Waals surface area contributed by atoms with Gasteiger partial charge in [0.25, 0.3) is 0 Å². The van der Waals surface area contributed by atoms with Crippen LogP contribution in [0, 0.1) is 11.2 Å². The fraction of sp³-hybridized carbons (Fsp3) is 0.160. The molecular formula is C25H26FN3. The zero-order valence-corrected chi connectivity index (χ0v) is 17.0. The van der Waals surface area contributed by atoms with E-state index in [4.69, 9.17) is 5.41 Å². The monoisotopic (exact) mass is 387 g/mol. The molecule has 3 nitrogen and oxygen atoms in total. The van der Waals surface area contributed by atoms with E-state index in [1.165, 1.54) is 12.3 Å². The van der Waals surface area contributed by atoms with E-state index in [1.807, 2.05) is 56.3 Å². The van der Waals surface area contributed by atoms with Crippen LogP contribution >= 0.6 is 0 Å². The molecule has 0 aliphatic heterocycles. The number of hydrogen-bond donors (Lipinski definition) is 2. The Morgan fingerprint density at radius 2 is 1.72 bits per heavy atom. The highest BCUT2D eigenvalue weighted by Crippen LogP contribution is 2.26. The summed E-state index contributed by atoms with van der Waals surface area (Å²) in [5, 5.41) is 10.7. The van der Waals surface area contributed by atoms with Gasteiger partial charge in [0.1, 0.15) is 5.82 Å². The van der Waals surface area contributed by atoms with E-state index in [0.29, 0.717) is 6.54 Å². The molecule has 29 heavy (non-hydrogen) atoms. The molecule has 2 N–H and O–H groups in total. The predicted molar refractivity (Wildman–Crippen MR) is 123 cm³/mol. The minimum Gasteiger partial charge on any atom is -0.388 e. The fourth-order valence-electron chi connectivity index (χ4n) is 3.36. The Labute approximate surface area is 172 Å². The van der Waals surface area contributed by atoms with Crippen LogP contribution in [0.4, 0.5) is 15.8 Å². The quantitative estimate of drug-likeness (QED) is 0.474. The highest BCUT2D eigenvalue weighted by atomic mass is 19.1. The van der Waals surface area contributed by atoms with Gasteiger partial charge in [-0.25, -0.2) is 4.39 Å². The standard InChI is InChI=1S/C25H26FN3/c1-4-5-19-12-23(26)15-24(13-19)29(3)17-18-6-8-20(9-7-18)21-10-11-25(28-2)22(14-21)16-27/h4-16,27-28H,17H2,1-3H3/b5-4+,27-16?. The molecule has 0 unspecified atom stereocenters. The first kappa shape index (κ1) is 20.3. The Bertz CT molecular complexity index is 1020. The van der Waals surface area contributed by atoms with Crippen molar-refractivity contribution >= 4 is 23.7 Å². The summed E-state index contributed by atoms with van der Waals surface area (Å²) < 4.78 is 13.9. The first-order chi connectivity index (χ1) is 14.0. The molecule has 0 aromatic heterocycles. The van der Waals surface area contributed by atoms with Gasteiger partial charge >= 0.3 is 0 Å². The molecule has 0 saturated carbocycles. The van der Waals surface area contributed by atoms with Crippen molar-refractivity contribution in [2.75, 3.05) is 24.3 Å². The maximum Gasteiger partial charge on any atom is 0.125 e. The van der Waals surface area contributed by atoms with E-state index >= 15 is 0 Å². The van der Waals surface area contributed by atoms with Crippen LogP contribution < -0.4 is 10.2 Å². The normalized spacial score (nSPS) is 10.9. The number of nitrogens with one attached hydrogen (secondary N) is 2. The first-order valence-corrected chi connectivity index (χ1v) is 9.60. The van der Waals surface area contributed by atoms with E-state index in [1.54, 1.807) is 6.07 Å². The van der Waals surface area contributed by atoms with Crippen molar-refractivity contribution in [1.29, 1.82) is 5.41 Å². The molecule has 0 saturated heterocycles. The van der Waals surface area contributed by atoms with E-state index in [-0.39, 0.29) is 5.82 Å². The average molecular weight is 388 g/mol. The summed E-state index contributed by atoms with van der Waals surface area (Å²) in [6.07, 6.45) is 5.17. The summed E-state index contributed by atoms with van der Waals surface area (Å²) in [6, 6.07) is 19.5. The minimum absolute atomic E-state index is 0.232. The van der Waals surface area contributed by atoms with Crippen molar-refractivity contribution < 1.29 is 4.39 Å². The lowest BCUT2D eigenvalue weighted by Crippen LogP contribution is -2.16. The molecule has 148 valence electrons. The molecular weight excluding hydrogens is 361 g/mol. The molecule has 0 radical (unpaired) electrons. The molecule has 0 fully saturated rings. The SMILES string of the molecule is C/C=C/c1cc(F)cc(N(C)Cc2ccc(-c3ccc(NC)c(C=N)c3)cc2)c1. The van der Waals surface area contributed by atoms with Gasteiger partial charge in [0.15, 0.2) is 0 Å². The van der Waals surface area contributed by atoms with Crippen LogP contribution in [0.3, 0.4) is 0 Å². The van der Waals surface area contributed by atoms with Gasteiger partial charge in [0, 0.05) is 43.8 Å². The summed E-state index contributed by atoms with van der Waals surface area (Å²) in [7, 11) is 3.82. The van der Waals surface area contributed by atoms with Crippen LogP contribution in [0.25, 0.3) is 17.2 Å². The van der Waals surface area contributed by atoms with Crippen molar-refractivity contribution in [3.63, 3.8) is 0 Å². The first-order valence-electron chi connectivity index (χ1n) is 9.60. The summed E-state index contributed by atoms with van der Waals surface area (Å²) >= 11 is 0. The largest absolute Gasteiger partial charge is 0.388 e. The minimum atomic E-state index is -0.232. The van der Waals surface area contributed by atoms with E-state index in [0.717, 1.165) is 39.2 Å². The number of halogens is 1. The van der Waals surface area contributed by atoms with Crippen LogP contribution in [0.1, 0.15) is 23.6 Å². The number of allylic oxidation sites excluding steroid dienone is 1. The Hall–Kier alpha value is -3.40. The molecule has 4 heteroatoms. The number of rotatable bonds is 7. The second-order valence-electron chi connectivity index (χ2n) is 6.99. The summed E-state index contributed by atoms with van der Waals surface area (Å²) in [4.78, 5) is 2.04. The van der Waals surface area contributed by atoms with Crippen LogP contribution in [0.2, 0.25) is 0 Å². The molecule has 3 aromatic carbocycles. The lowest BCUT2D eigenvalue weighted by Gasteiger charge is -2.20. The van der Waals surface area contributed by atoms with Crippen LogP contribution in [-0.4, -0.2) is 20.3 Å². The Kier molecular flexibility index (Phi) is 6.45. The highest BCUT2D eigenvalue weighted by Gasteiger charge is 2.07. The topological polar surface area (TPSA) is 39.1 Å². The van der Waals surface area contributed by atoms with Gasteiger partial charge in [-0.2, -0.15) is 0 Å². The third kappa shape index (κ3) is 4.91. The Morgan fingerprint density at radius 1 is 1.00 bits per heavy atom. The zero-order chi connectivity index (χ0) is 20.8. The molecule has 0 atom stereocenters. The summed E-state index contributed by atoms with van der Waals surface area (Å²) in [5.74, 6) is -0.232. The smallest absolute Gasteiger partial charge is 0.125 e. The Balaban J connectivity index is 1.78. The van der Waals surface area contributed by atoms with Crippen molar-refractivity contribution in [3.8, 4) is 11.1 Å². The van der Waals surface area contributed by atoms with E-state index < -0.39 is 0 Å². The highest BCUT2D eigenvalue weighted by molar-refractivity contribution is 5.88. The van der Waals surface area contributed by atoms with Gasteiger partial charge in [-0.3, -0.25) is 0 Å². The lowest BCUT2D eigenvalue weighted by atomic mass is 10.0. The van der Waals surface area contributed by atoms with Gasteiger partial charge in [-0.05, 0) is 59.5 Å². The number of hydrogen-bond acceptors (Lipinski definition) is 3. The van der Waals surface area contributed by atoms with Crippen LogP contribution in [0.5, 0.6) is 0 Å². The molecule has 0 aliphatic carbocycles. The summed E-state index contributed by atoms with van der Waals surface area (Å²) in [6.45, 7) is 2.61. The number of anilines is 2. The molecule has 0 amide bonds. The van der Waals surface area contributed by atoms with Crippen molar-refractivity contribution in [1.82, 2.24) is 0 Å². The van der Waals surface area contributed by atoms with E-state index in [2.05, 4.69) is 35.6 Å². The van der Waals surface area contributed by atoms with Crippen molar-refractivity contribution in [2.45, 2.75) is 13.5 Å². The van der Waals surface area contributed by atoms with Gasteiger partial charge in [0.2, 0.25) is 0 Å². The molecule has 3 aromatic rings. The average Bonchev–Trinajstić information content (AvgIpc) is 2.73. The fourth-order valence-corrected chi connectivity index (χ4v) is 3.36. The third-order valence-corrected chi connectivity index (χ3v) is 4.89. The van der Waals surface area contributed by atoms with E-state index in [9.17, 15) is 4.39 Å². The molecule has 0 spiro atoms. The molecule has 3 rings (SSSR count). The van der Waals surface area contributed by atoms with Crippen molar-refractivity contribution in [2.24, 2.45) is 0 Å². The molecule has 0 bridgehead atoms. The second kappa shape index (κ2) is 9.20. The number of benzene rings is 3. The third-order valence-electron chi connectivity index (χ3n) is 4.89. The maximum absolute atomic E-state index is 13.9. The van der Waals surface area contributed by atoms with Crippen LogP contribution in [-0.2, 0) is 6.54 Å². The van der Waals surface area contributed by atoms with Gasteiger partial charge in [-0.1, -0.05) is 42.5 Å². The number of nitrogens with zero attached hydrogens (tertiary/aromatic N) is 1. The van der Waals surface area contributed by atoms with Gasteiger partial charge < -0.3 is 15.6 Å². The molecule has 0 heterocycles. The van der Waals surface area contributed by atoms with Gasteiger partial charge in [-0.15, -0.1) is 0 Å². The maximum atomic E-state index is 13.9.